The number of nitrogens with zero attached hydrogens (tertiary/aromatic N) is 3. The Morgan fingerprint density at radius 1 is 1.08 bits per heavy atom. The molecule has 0 spiro atoms. The lowest BCUT2D eigenvalue weighted by molar-refractivity contribution is -0.384. The minimum absolute atomic E-state index is 0.0255. The predicted octanol–water partition coefficient (Wildman–Crippen LogP) is 2.60. The molecule has 0 bridgehead atoms. The second-order valence-corrected chi connectivity index (χ2v) is 5.71. The molecule has 2 heterocycles. The van der Waals surface area contributed by atoms with Gasteiger partial charge in [0.05, 0.1) is 17.2 Å². The summed E-state index contributed by atoms with van der Waals surface area (Å²) in [5.41, 5.74) is 1.68. The van der Waals surface area contributed by atoms with E-state index in [0.717, 1.165) is 5.56 Å². The third kappa shape index (κ3) is 3.00. The van der Waals surface area contributed by atoms with E-state index in [2.05, 4.69) is 5.10 Å². The molecule has 0 saturated carbocycles. The molecule has 2 aromatic carbocycles. The standard InChI is InChI=1S/C18H13N3O5/c22-18-7-5-15(13-4-6-16-17(9-13)26-11-25-16)19-20(18)10-12-2-1-3-14(8-12)21(23)24/h1-9H,10-11H2. The first-order chi connectivity index (χ1) is 12.6. The van der Waals surface area contributed by atoms with E-state index in [1.165, 1.54) is 22.9 Å². The average Bonchev–Trinajstić information content (AvgIpc) is 3.11. The molecule has 8 heteroatoms. The van der Waals surface area contributed by atoms with E-state index in [-0.39, 0.29) is 24.6 Å². The van der Waals surface area contributed by atoms with Crippen LogP contribution in [0.2, 0.25) is 0 Å². The number of aromatic nitrogens is 2. The zero-order valence-corrected chi connectivity index (χ0v) is 13.5. The number of nitro benzene ring substituents is 1. The van der Waals surface area contributed by atoms with Gasteiger partial charge in [-0.2, -0.15) is 5.10 Å². The van der Waals surface area contributed by atoms with E-state index in [1.807, 2.05) is 6.07 Å². The summed E-state index contributed by atoms with van der Waals surface area (Å²) in [6.45, 7) is 0.317. The molecule has 1 aromatic heterocycles. The van der Waals surface area contributed by atoms with Crippen LogP contribution in [-0.4, -0.2) is 21.5 Å². The largest absolute Gasteiger partial charge is 0.454 e. The molecule has 0 atom stereocenters. The Morgan fingerprint density at radius 2 is 1.92 bits per heavy atom. The number of non-ortho nitro benzene ring substituents is 1. The molecule has 4 rings (SSSR count). The number of hydrogen-bond acceptors (Lipinski definition) is 6. The number of hydrogen-bond donors (Lipinski definition) is 0. The number of benzene rings is 2. The summed E-state index contributed by atoms with van der Waals surface area (Å²) in [5, 5.41) is 15.3. The molecule has 0 N–H and O–H groups in total. The Morgan fingerprint density at radius 3 is 2.77 bits per heavy atom. The number of ether oxygens (including phenoxy) is 2. The highest BCUT2D eigenvalue weighted by Crippen LogP contribution is 2.35. The highest BCUT2D eigenvalue weighted by Gasteiger charge is 2.15. The molecule has 130 valence electrons. The first kappa shape index (κ1) is 15.8. The van der Waals surface area contributed by atoms with Crippen molar-refractivity contribution in [2.24, 2.45) is 0 Å². The van der Waals surface area contributed by atoms with Crippen LogP contribution in [0.1, 0.15) is 5.56 Å². The Hall–Kier alpha value is -3.68. The first-order valence-corrected chi connectivity index (χ1v) is 7.82. The van der Waals surface area contributed by atoms with Crippen LogP contribution < -0.4 is 15.0 Å². The second-order valence-electron chi connectivity index (χ2n) is 5.71. The molecule has 0 saturated heterocycles. The van der Waals surface area contributed by atoms with Gasteiger partial charge in [0.25, 0.3) is 11.2 Å². The van der Waals surface area contributed by atoms with Crippen molar-refractivity contribution in [3.05, 3.63) is 80.6 Å². The Kier molecular flexibility index (Phi) is 3.85. The van der Waals surface area contributed by atoms with Gasteiger partial charge < -0.3 is 9.47 Å². The van der Waals surface area contributed by atoms with Gasteiger partial charge in [0.1, 0.15) is 0 Å². The summed E-state index contributed by atoms with van der Waals surface area (Å²) in [6.07, 6.45) is 0. The first-order valence-electron chi connectivity index (χ1n) is 7.82. The SMILES string of the molecule is O=c1ccc(-c2ccc3c(c2)OCO3)nn1Cc1cccc([N+](=O)[O-])c1. The zero-order chi connectivity index (χ0) is 18.1. The summed E-state index contributed by atoms with van der Waals surface area (Å²) in [7, 11) is 0. The van der Waals surface area contributed by atoms with Crippen molar-refractivity contribution < 1.29 is 14.4 Å². The Bertz CT molecular complexity index is 1060. The molecule has 8 nitrogen and oxygen atoms in total. The predicted molar refractivity (Wildman–Crippen MR) is 92.3 cm³/mol. The number of rotatable bonds is 4. The highest BCUT2D eigenvalue weighted by molar-refractivity contribution is 5.63. The molecule has 0 aliphatic carbocycles. The third-order valence-corrected chi connectivity index (χ3v) is 3.99. The normalized spacial score (nSPS) is 12.2. The Balaban J connectivity index is 1.68. The van der Waals surface area contributed by atoms with E-state index in [1.54, 1.807) is 30.3 Å². The van der Waals surface area contributed by atoms with Gasteiger partial charge in [0.15, 0.2) is 11.5 Å². The quantitative estimate of drug-likeness (QED) is 0.529. The highest BCUT2D eigenvalue weighted by atomic mass is 16.7. The van der Waals surface area contributed by atoms with Crippen molar-refractivity contribution in [2.45, 2.75) is 6.54 Å². The zero-order valence-electron chi connectivity index (χ0n) is 13.5. The van der Waals surface area contributed by atoms with Gasteiger partial charge >= 0.3 is 0 Å². The molecule has 0 radical (unpaired) electrons. The average molecular weight is 351 g/mol. The molecule has 0 fully saturated rings. The van der Waals surface area contributed by atoms with Crippen LogP contribution in [0.5, 0.6) is 11.5 Å². The molecule has 3 aromatic rings. The van der Waals surface area contributed by atoms with Crippen LogP contribution in [0.3, 0.4) is 0 Å². The fraction of sp³-hybridized carbons (Fsp3) is 0.111. The fourth-order valence-electron chi connectivity index (χ4n) is 2.71. The van der Waals surface area contributed by atoms with Crippen molar-refractivity contribution in [2.75, 3.05) is 6.79 Å². The lowest BCUT2D eigenvalue weighted by atomic mass is 10.1. The van der Waals surface area contributed by atoms with Crippen LogP contribution in [0.25, 0.3) is 11.3 Å². The summed E-state index contributed by atoms with van der Waals surface area (Å²) in [5.74, 6) is 1.29. The van der Waals surface area contributed by atoms with Gasteiger partial charge in [-0.05, 0) is 29.8 Å². The molecular weight excluding hydrogens is 338 g/mol. The van der Waals surface area contributed by atoms with Gasteiger partial charge in [0.2, 0.25) is 6.79 Å². The van der Waals surface area contributed by atoms with Crippen LogP contribution in [0.15, 0.2) is 59.4 Å². The van der Waals surface area contributed by atoms with E-state index in [9.17, 15) is 14.9 Å². The minimum atomic E-state index is -0.470. The van der Waals surface area contributed by atoms with Crippen LogP contribution >= 0.6 is 0 Å². The van der Waals surface area contributed by atoms with Crippen molar-refractivity contribution in [3.63, 3.8) is 0 Å². The lowest BCUT2D eigenvalue weighted by Crippen LogP contribution is -2.22. The van der Waals surface area contributed by atoms with Crippen molar-refractivity contribution in [1.29, 1.82) is 0 Å². The van der Waals surface area contributed by atoms with E-state index >= 15 is 0 Å². The fourth-order valence-corrected chi connectivity index (χ4v) is 2.71. The monoisotopic (exact) mass is 351 g/mol. The maximum absolute atomic E-state index is 12.1. The van der Waals surface area contributed by atoms with Crippen LogP contribution in [0, 0.1) is 10.1 Å². The minimum Gasteiger partial charge on any atom is -0.454 e. The molecule has 0 unspecified atom stereocenters. The van der Waals surface area contributed by atoms with Gasteiger partial charge in [0, 0.05) is 23.8 Å². The van der Waals surface area contributed by atoms with Crippen LogP contribution in [0.4, 0.5) is 5.69 Å². The van der Waals surface area contributed by atoms with E-state index in [4.69, 9.17) is 9.47 Å². The second kappa shape index (κ2) is 6.32. The van der Waals surface area contributed by atoms with Gasteiger partial charge in [-0.3, -0.25) is 14.9 Å². The maximum Gasteiger partial charge on any atom is 0.269 e. The summed E-state index contributed by atoms with van der Waals surface area (Å²) < 4.78 is 11.9. The maximum atomic E-state index is 12.1. The topological polar surface area (TPSA) is 96.5 Å². The van der Waals surface area contributed by atoms with Gasteiger partial charge in [-0.25, -0.2) is 4.68 Å². The Labute approximate surface area is 147 Å². The van der Waals surface area contributed by atoms with E-state index < -0.39 is 4.92 Å². The van der Waals surface area contributed by atoms with Gasteiger partial charge in [-0.15, -0.1) is 0 Å². The molecular formula is C18H13N3O5. The number of nitro groups is 1. The summed E-state index contributed by atoms with van der Waals surface area (Å²) in [4.78, 5) is 22.6. The molecule has 1 aliphatic rings. The summed E-state index contributed by atoms with van der Waals surface area (Å²) >= 11 is 0. The van der Waals surface area contributed by atoms with Crippen molar-refractivity contribution >= 4 is 5.69 Å². The van der Waals surface area contributed by atoms with E-state index in [0.29, 0.717) is 22.8 Å². The number of fused-ring (bicyclic) bond motifs is 1. The summed E-state index contributed by atoms with van der Waals surface area (Å²) in [6, 6.07) is 14.6. The van der Waals surface area contributed by atoms with Crippen LogP contribution in [-0.2, 0) is 6.54 Å². The van der Waals surface area contributed by atoms with Gasteiger partial charge in [-0.1, -0.05) is 12.1 Å². The van der Waals surface area contributed by atoms with Crippen molar-refractivity contribution in [1.82, 2.24) is 9.78 Å². The molecule has 0 amide bonds. The lowest BCUT2D eigenvalue weighted by Gasteiger charge is -2.08. The van der Waals surface area contributed by atoms with Crippen molar-refractivity contribution in [3.8, 4) is 22.8 Å². The smallest absolute Gasteiger partial charge is 0.269 e. The molecule has 1 aliphatic heterocycles. The third-order valence-electron chi connectivity index (χ3n) is 3.99. The molecule has 26 heavy (non-hydrogen) atoms.